The maximum absolute atomic E-state index is 4.58. The summed E-state index contributed by atoms with van der Waals surface area (Å²) in [5.41, 5.74) is 2.55. The van der Waals surface area contributed by atoms with E-state index < -0.39 is 0 Å². The maximum atomic E-state index is 4.58. The Morgan fingerprint density at radius 2 is 2.19 bits per heavy atom. The third-order valence-corrected chi connectivity index (χ3v) is 3.00. The first-order valence-electron chi connectivity index (χ1n) is 6.28. The number of aryl methyl sites for hydroxylation is 1. The van der Waals surface area contributed by atoms with E-state index >= 15 is 0 Å². The molecular weight excluding hydrogens is 196 g/mol. The SMILES string of the molecule is CCc1cccc(NC2=NCCCCC2)c1. The van der Waals surface area contributed by atoms with Gasteiger partial charge < -0.3 is 5.32 Å². The molecule has 1 aromatic rings. The van der Waals surface area contributed by atoms with Crippen LogP contribution >= 0.6 is 0 Å². The number of rotatable bonds is 2. The van der Waals surface area contributed by atoms with Gasteiger partial charge in [-0.25, -0.2) is 0 Å². The summed E-state index contributed by atoms with van der Waals surface area (Å²) in [5, 5.41) is 3.45. The highest BCUT2D eigenvalue weighted by Crippen LogP contribution is 2.14. The smallest absolute Gasteiger partial charge is 0.101 e. The highest BCUT2D eigenvalue weighted by molar-refractivity contribution is 5.95. The summed E-state index contributed by atoms with van der Waals surface area (Å²) in [6, 6.07) is 8.61. The van der Waals surface area contributed by atoms with E-state index in [2.05, 4.69) is 41.5 Å². The van der Waals surface area contributed by atoms with Crippen LogP contribution in [0.1, 0.15) is 38.2 Å². The molecule has 1 aliphatic rings. The molecular formula is C14H20N2. The molecule has 0 amide bonds. The Kier molecular flexibility index (Phi) is 3.97. The van der Waals surface area contributed by atoms with E-state index in [1.807, 2.05) is 0 Å². The molecule has 1 aliphatic heterocycles. The summed E-state index contributed by atoms with van der Waals surface area (Å²) in [6.45, 7) is 3.16. The molecule has 2 rings (SSSR count). The van der Waals surface area contributed by atoms with Crippen molar-refractivity contribution in [1.82, 2.24) is 0 Å². The number of benzene rings is 1. The summed E-state index contributed by atoms with van der Waals surface area (Å²) in [6.07, 6.45) is 5.99. The number of amidine groups is 1. The first kappa shape index (κ1) is 11.2. The van der Waals surface area contributed by atoms with Gasteiger partial charge in [-0.2, -0.15) is 0 Å². The van der Waals surface area contributed by atoms with Crippen molar-refractivity contribution in [2.45, 2.75) is 39.0 Å². The third kappa shape index (κ3) is 3.09. The van der Waals surface area contributed by atoms with Gasteiger partial charge in [-0.3, -0.25) is 4.99 Å². The molecule has 0 saturated heterocycles. The van der Waals surface area contributed by atoms with E-state index in [4.69, 9.17) is 0 Å². The van der Waals surface area contributed by atoms with E-state index in [-0.39, 0.29) is 0 Å². The van der Waals surface area contributed by atoms with Crippen molar-refractivity contribution in [2.75, 3.05) is 11.9 Å². The van der Waals surface area contributed by atoms with Gasteiger partial charge in [0.1, 0.15) is 5.84 Å². The topological polar surface area (TPSA) is 24.4 Å². The minimum Gasteiger partial charge on any atom is -0.344 e. The number of nitrogens with one attached hydrogen (secondary N) is 1. The predicted molar refractivity (Wildman–Crippen MR) is 70.2 cm³/mol. The lowest BCUT2D eigenvalue weighted by atomic mass is 10.1. The minimum atomic E-state index is 0.982. The predicted octanol–water partition coefficient (Wildman–Crippen LogP) is 3.63. The molecule has 16 heavy (non-hydrogen) atoms. The molecule has 1 N–H and O–H groups in total. The Hall–Kier alpha value is -1.31. The van der Waals surface area contributed by atoms with Crippen LogP contribution in [0, 0.1) is 0 Å². The summed E-state index contributed by atoms with van der Waals surface area (Å²) in [5.74, 6) is 1.16. The van der Waals surface area contributed by atoms with E-state index in [1.54, 1.807) is 0 Å². The molecule has 1 heterocycles. The highest BCUT2D eigenvalue weighted by Gasteiger charge is 2.04. The first-order valence-corrected chi connectivity index (χ1v) is 6.28. The van der Waals surface area contributed by atoms with Crippen molar-refractivity contribution < 1.29 is 0 Å². The number of anilines is 1. The van der Waals surface area contributed by atoms with Gasteiger partial charge in [-0.1, -0.05) is 25.5 Å². The third-order valence-electron chi connectivity index (χ3n) is 3.00. The highest BCUT2D eigenvalue weighted by atomic mass is 15.0. The molecule has 0 spiro atoms. The van der Waals surface area contributed by atoms with Crippen LogP contribution in [-0.4, -0.2) is 12.4 Å². The Bertz CT molecular complexity index is 369. The fourth-order valence-corrected chi connectivity index (χ4v) is 2.01. The second kappa shape index (κ2) is 5.69. The number of hydrogen-bond donors (Lipinski definition) is 1. The fraction of sp³-hybridized carbons (Fsp3) is 0.500. The molecule has 0 aliphatic carbocycles. The zero-order valence-electron chi connectivity index (χ0n) is 10.00. The molecule has 0 aromatic heterocycles. The molecule has 2 heteroatoms. The van der Waals surface area contributed by atoms with Crippen LogP contribution in [0.3, 0.4) is 0 Å². The largest absolute Gasteiger partial charge is 0.344 e. The van der Waals surface area contributed by atoms with E-state index in [0.717, 1.165) is 25.2 Å². The van der Waals surface area contributed by atoms with E-state index in [1.165, 1.54) is 30.5 Å². The molecule has 0 saturated carbocycles. The number of hydrogen-bond acceptors (Lipinski definition) is 2. The van der Waals surface area contributed by atoms with Gasteiger partial charge in [0.2, 0.25) is 0 Å². The minimum absolute atomic E-state index is 0.982. The van der Waals surface area contributed by atoms with Crippen LogP contribution in [0.4, 0.5) is 5.69 Å². The fourth-order valence-electron chi connectivity index (χ4n) is 2.01. The van der Waals surface area contributed by atoms with Crippen LogP contribution in [0.2, 0.25) is 0 Å². The molecule has 86 valence electrons. The summed E-state index contributed by atoms with van der Waals surface area (Å²) >= 11 is 0. The molecule has 1 aromatic carbocycles. The van der Waals surface area contributed by atoms with Gasteiger partial charge in [-0.05, 0) is 37.0 Å². The first-order chi connectivity index (χ1) is 7.88. The van der Waals surface area contributed by atoms with Crippen LogP contribution < -0.4 is 5.32 Å². The molecule has 0 fully saturated rings. The molecule has 0 bridgehead atoms. The van der Waals surface area contributed by atoms with Gasteiger partial charge in [0.05, 0.1) is 0 Å². The molecule has 0 atom stereocenters. The maximum Gasteiger partial charge on any atom is 0.101 e. The zero-order valence-corrected chi connectivity index (χ0v) is 10.00. The summed E-state index contributed by atoms with van der Waals surface area (Å²) in [7, 11) is 0. The van der Waals surface area contributed by atoms with Gasteiger partial charge in [-0.15, -0.1) is 0 Å². The quantitative estimate of drug-likeness (QED) is 0.802. The Morgan fingerprint density at radius 1 is 1.25 bits per heavy atom. The second-order valence-corrected chi connectivity index (χ2v) is 4.32. The second-order valence-electron chi connectivity index (χ2n) is 4.32. The number of nitrogens with zero attached hydrogens (tertiary/aromatic N) is 1. The lowest BCUT2D eigenvalue weighted by molar-refractivity contribution is 0.731. The van der Waals surface area contributed by atoms with Crippen molar-refractivity contribution >= 4 is 11.5 Å². The monoisotopic (exact) mass is 216 g/mol. The van der Waals surface area contributed by atoms with Gasteiger partial charge >= 0.3 is 0 Å². The average Bonchev–Trinajstić information content (AvgIpc) is 2.58. The Labute approximate surface area is 97.8 Å². The standard InChI is InChI=1S/C14H20N2/c1-2-12-7-6-8-13(11-12)16-14-9-4-3-5-10-15-14/h6-8,11H,2-5,9-10H2,1H3,(H,15,16). The van der Waals surface area contributed by atoms with Crippen molar-refractivity contribution in [1.29, 1.82) is 0 Å². The normalized spacial score (nSPS) is 16.4. The molecule has 0 radical (unpaired) electrons. The zero-order chi connectivity index (χ0) is 11.2. The van der Waals surface area contributed by atoms with Crippen LogP contribution in [-0.2, 0) is 6.42 Å². The van der Waals surface area contributed by atoms with Gasteiger partial charge in [0.25, 0.3) is 0 Å². The Balaban J connectivity index is 2.04. The lowest BCUT2D eigenvalue weighted by Gasteiger charge is -2.09. The Morgan fingerprint density at radius 3 is 3.06 bits per heavy atom. The summed E-state index contributed by atoms with van der Waals surface area (Å²) in [4.78, 5) is 4.58. The average molecular weight is 216 g/mol. The van der Waals surface area contributed by atoms with Crippen molar-refractivity contribution in [2.24, 2.45) is 4.99 Å². The van der Waals surface area contributed by atoms with E-state index in [9.17, 15) is 0 Å². The van der Waals surface area contributed by atoms with Crippen molar-refractivity contribution in [3.63, 3.8) is 0 Å². The van der Waals surface area contributed by atoms with Crippen molar-refractivity contribution in [3.8, 4) is 0 Å². The molecule has 0 unspecified atom stereocenters. The molecule has 2 nitrogen and oxygen atoms in total. The van der Waals surface area contributed by atoms with Crippen LogP contribution in [0.5, 0.6) is 0 Å². The van der Waals surface area contributed by atoms with E-state index in [0.29, 0.717) is 0 Å². The number of aliphatic imine (C=N–C) groups is 1. The summed E-state index contributed by atoms with van der Waals surface area (Å²) < 4.78 is 0. The van der Waals surface area contributed by atoms with Gasteiger partial charge in [0.15, 0.2) is 0 Å². The van der Waals surface area contributed by atoms with Crippen LogP contribution in [0.25, 0.3) is 0 Å². The van der Waals surface area contributed by atoms with Gasteiger partial charge in [0, 0.05) is 18.7 Å². The van der Waals surface area contributed by atoms with Crippen LogP contribution in [0.15, 0.2) is 29.3 Å². The van der Waals surface area contributed by atoms with Crippen molar-refractivity contribution in [3.05, 3.63) is 29.8 Å². The lowest BCUT2D eigenvalue weighted by Crippen LogP contribution is -2.11.